The first-order valence-electron chi connectivity index (χ1n) is 7.05. The Balaban J connectivity index is 3.36. The number of alkyl halides is 9. The fraction of sp³-hybridized carbons (Fsp3) is 0.846. The molecule has 0 atom stereocenters. The molecule has 1 aliphatic rings. The number of allylic oxidation sites excluding steroid dienone is 1. The Morgan fingerprint density at radius 2 is 1.37 bits per heavy atom. The molecule has 27 heavy (non-hydrogen) atoms. The summed E-state index contributed by atoms with van der Waals surface area (Å²) in [5.74, 6) is -15.4. The van der Waals surface area contributed by atoms with Crippen LogP contribution in [-0.4, -0.2) is 41.2 Å². The molecule has 1 rings (SSSR count). The molecule has 14 heteroatoms. The minimum atomic E-state index is -7.32. The monoisotopic (exact) mass is 454 g/mol. The van der Waals surface area contributed by atoms with Crippen LogP contribution in [0.1, 0.15) is 34.1 Å². The highest BCUT2D eigenvalue weighted by molar-refractivity contribution is 8.02. The van der Waals surface area contributed by atoms with Gasteiger partial charge in [-0.3, -0.25) is 0 Å². The molecular formula is C13H15F9O3S2. The lowest BCUT2D eigenvalue weighted by atomic mass is 10.0. The molecular weight excluding hydrogens is 439 g/mol. The molecule has 1 aliphatic heterocycles. The fourth-order valence-corrected chi connectivity index (χ4v) is 5.17. The van der Waals surface area contributed by atoms with Crippen LogP contribution >= 0.6 is 11.8 Å². The first-order valence-corrected chi connectivity index (χ1v) is 9.28. The molecule has 0 N–H and O–H groups in total. The van der Waals surface area contributed by atoms with E-state index in [0.717, 1.165) is 6.08 Å². The summed E-state index contributed by atoms with van der Waals surface area (Å²) in [4.78, 5) is 0. The molecule has 1 heterocycles. The van der Waals surface area contributed by atoms with Crippen molar-refractivity contribution in [1.29, 1.82) is 0 Å². The van der Waals surface area contributed by atoms with E-state index in [1.165, 1.54) is 39.5 Å². The van der Waals surface area contributed by atoms with E-state index in [9.17, 15) is 47.9 Å². The molecule has 0 saturated carbocycles. The van der Waals surface area contributed by atoms with Gasteiger partial charge in [0, 0.05) is 15.9 Å². The highest BCUT2D eigenvalue weighted by Gasteiger charge is 2.86. The first-order chi connectivity index (χ1) is 11.5. The zero-order valence-electron chi connectivity index (χ0n) is 14.2. The van der Waals surface area contributed by atoms with Crippen LogP contribution in [0.4, 0.5) is 39.5 Å². The predicted molar refractivity (Wildman–Crippen MR) is 79.3 cm³/mol. The summed E-state index contributed by atoms with van der Waals surface area (Å²) in [6.45, 7) is 6.07. The van der Waals surface area contributed by atoms with Crippen LogP contribution < -0.4 is 0 Å². The number of thioether (sulfide) groups is 1. The van der Waals surface area contributed by atoms with Gasteiger partial charge in [-0.2, -0.15) is 47.9 Å². The van der Waals surface area contributed by atoms with Crippen LogP contribution in [0.3, 0.4) is 0 Å². The smallest absolute Gasteiger partial charge is 0.383 e. The van der Waals surface area contributed by atoms with Crippen LogP contribution in [0, 0.1) is 0 Å². The first kappa shape index (κ1) is 24.2. The van der Waals surface area contributed by atoms with Gasteiger partial charge < -0.3 is 4.18 Å². The Morgan fingerprint density at radius 1 is 0.926 bits per heavy atom. The standard InChI is InChI=1S/C13H15F9O3S2/c1-8(2)5-7(6-9(3,4)26-8)25-27(23,24)13(21,22)11(16,17)10(14,15)12(18,19)20/h5H,6H2,1-4H3. The highest BCUT2D eigenvalue weighted by atomic mass is 32.2. The molecule has 0 amide bonds. The molecule has 0 fully saturated rings. The molecule has 0 bridgehead atoms. The summed E-state index contributed by atoms with van der Waals surface area (Å²) in [7, 11) is -6.90. The van der Waals surface area contributed by atoms with Crippen molar-refractivity contribution in [2.75, 3.05) is 0 Å². The molecule has 0 saturated heterocycles. The number of halogens is 9. The molecule has 0 radical (unpaired) electrons. The average molecular weight is 454 g/mol. The summed E-state index contributed by atoms with van der Waals surface area (Å²) in [5.41, 5.74) is 0. The summed E-state index contributed by atoms with van der Waals surface area (Å²) in [5, 5.41) is -6.86. The van der Waals surface area contributed by atoms with Gasteiger partial charge >= 0.3 is 33.4 Å². The Kier molecular flexibility index (Phi) is 5.71. The molecule has 0 aromatic heterocycles. The van der Waals surface area contributed by atoms with Gasteiger partial charge in [-0.25, -0.2) is 0 Å². The minimum Gasteiger partial charge on any atom is -0.383 e. The van der Waals surface area contributed by atoms with Gasteiger partial charge in [0.25, 0.3) is 0 Å². The van der Waals surface area contributed by atoms with E-state index in [4.69, 9.17) is 0 Å². The third-order valence-corrected chi connectivity index (χ3v) is 5.95. The second kappa shape index (κ2) is 6.36. The largest absolute Gasteiger partial charge is 0.460 e. The van der Waals surface area contributed by atoms with Crippen LogP contribution in [0.2, 0.25) is 0 Å². The van der Waals surface area contributed by atoms with Crippen molar-refractivity contribution < 1.29 is 52.1 Å². The molecule has 0 aromatic carbocycles. The number of rotatable bonds is 5. The predicted octanol–water partition coefficient (Wildman–Crippen LogP) is 5.34. The number of hydrogen-bond acceptors (Lipinski definition) is 4. The summed E-state index contributed by atoms with van der Waals surface area (Å²) in [6.07, 6.45) is -6.52. The van der Waals surface area contributed by atoms with E-state index in [1.807, 2.05) is 0 Å². The SMILES string of the molecule is CC1(C)C=C(OS(=O)(=O)C(F)(F)C(F)(F)C(F)(F)C(F)(F)F)CC(C)(C)S1. The van der Waals surface area contributed by atoms with E-state index in [0.29, 0.717) is 0 Å². The van der Waals surface area contributed by atoms with Crippen molar-refractivity contribution in [2.45, 2.75) is 66.9 Å². The number of hydrogen-bond donors (Lipinski definition) is 0. The minimum absolute atomic E-state index is 0.377. The van der Waals surface area contributed by atoms with Crippen molar-refractivity contribution in [1.82, 2.24) is 0 Å². The van der Waals surface area contributed by atoms with Gasteiger partial charge in [0.15, 0.2) is 0 Å². The third kappa shape index (κ3) is 4.30. The van der Waals surface area contributed by atoms with Crippen LogP contribution in [0.15, 0.2) is 11.8 Å². The van der Waals surface area contributed by atoms with Crippen LogP contribution in [0.25, 0.3) is 0 Å². The van der Waals surface area contributed by atoms with E-state index in [-0.39, 0.29) is 6.42 Å². The summed E-state index contributed by atoms with van der Waals surface area (Å²) < 4.78 is 141. The molecule has 0 spiro atoms. The maximum absolute atomic E-state index is 13.7. The lowest BCUT2D eigenvalue weighted by Gasteiger charge is -2.38. The quantitative estimate of drug-likeness (QED) is 0.416. The Hall–Kier alpha value is -0.790. The Bertz CT molecular complexity index is 722. The van der Waals surface area contributed by atoms with Crippen molar-refractivity contribution in [2.24, 2.45) is 0 Å². The normalized spacial score (nSPS) is 21.6. The molecule has 0 aromatic rings. The zero-order chi connectivity index (χ0) is 21.9. The molecule has 0 aliphatic carbocycles. The molecule has 3 nitrogen and oxygen atoms in total. The van der Waals surface area contributed by atoms with Crippen molar-refractivity contribution >= 4 is 21.9 Å². The Labute approximate surface area is 153 Å². The van der Waals surface area contributed by atoms with E-state index >= 15 is 0 Å². The highest BCUT2D eigenvalue weighted by Crippen LogP contribution is 2.55. The van der Waals surface area contributed by atoms with Crippen molar-refractivity contribution in [3.8, 4) is 0 Å². The van der Waals surface area contributed by atoms with E-state index < -0.39 is 48.6 Å². The maximum Gasteiger partial charge on any atom is 0.460 e. The fourth-order valence-electron chi connectivity index (χ4n) is 2.40. The zero-order valence-corrected chi connectivity index (χ0v) is 15.9. The third-order valence-electron chi connectivity index (χ3n) is 3.29. The van der Waals surface area contributed by atoms with Crippen LogP contribution in [-0.2, 0) is 14.3 Å². The molecule has 0 unspecified atom stereocenters. The average Bonchev–Trinajstić information content (AvgIpc) is 2.31. The summed E-state index contributed by atoms with van der Waals surface area (Å²) in [6, 6.07) is 0. The van der Waals surface area contributed by atoms with E-state index in [2.05, 4.69) is 4.18 Å². The van der Waals surface area contributed by atoms with Gasteiger partial charge in [0.05, 0.1) is 0 Å². The van der Waals surface area contributed by atoms with Crippen molar-refractivity contribution in [3.05, 3.63) is 11.8 Å². The van der Waals surface area contributed by atoms with Gasteiger partial charge in [-0.15, -0.1) is 11.8 Å². The van der Waals surface area contributed by atoms with Gasteiger partial charge in [0.1, 0.15) is 5.76 Å². The van der Waals surface area contributed by atoms with Gasteiger partial charge in [-0.1, -0.05) is 13.8 Å². The maximum atomic E-state index is 13.7. The second-order valence-corrected chi connectivity index (χ2v) is 10.9. The molecule has 160 valence electrons. The van der Waals surface area contributed by atoms with Gasteiger partial charge in [-0.05, 0) is 19.9 Å². The Morgan fingerprint density at radius 3 is 1.74 bits per heavy atom. The van der Waals surface area contributed by atoms with E-state index in [1.54, 1.807) is 0 Å². The topological polar surface area (TPSA) is 43.4 Å². The van der Waals surface area contributed by atoms with Gasteiger partial charge in [0.2, 0.25) is 0 Å². The van der Waals surface area contributed by atoms with Crippen LogP contribution in [0.5, 0.6) is 0 Å². The lowest BCUT2D eigenvalue weighted by molar-refractivity contribution is -0.382. The van der Waals surface area contributed by atoms with Crippen molar-refractivity contribution in [3.63, 3.8) is 0 Å². The summed E-state index contributed by atoms with van der Waals surface area (Å²) >= 11 is 1.24. The second-order valence-electron chi connectivity index (χ2n) is 6.95. The lowest BCUT2D eigenvalue weighted by Crippen LogP contribution is -2.63.